The summed E-state index contributed by atoms with van der Waals surface area (Å²) in [6, 6.07) is 8.22. The number of terminal acetylenes is 1. The molecule has 4 atom stereocenters. The number of rotatable bonds is 5. The third-order valence-electron chi connectivity index (χ3n) is 6.30. The summed E-state index contributed by atoms with van der Waals surface area (Å²) in [7, 11) is 1.68. The molecule has 4 heteroatoms. The van der Waals surface area contributed by atoms with Gasteiger partial charge in [0, 0.05) is 13.0 Å². The van der Waals surface area contributed by atoms with Gasteiger partial charge in [-0.2, -0.15) is 0 Å². The highest BCUT2D eigenvalue weighted by molar-refractivity contribution is 5.74. The average molecular weight is 354 g/mol. The Labute approximate surface area is 157 Å². The van der Waals surface area contributed by atoms with Gasteiger partial charge in [0.2, 0.25) is 5.91 Å². The first-order chi connectivity index (χ1) is 12.5. The van der Waals surface area contributed by atoms with E-state index < -0.39 is 0 Å². The van der Waals surface area contributed by atoms with E-state index in [2.05, 4.69) is 29.9 Å². The van der Waals surface area contributed by atoms with Gasteiger partial charge in [-0.15, -0.1) is 6.42 Å². The minimum atomic E-state index is -0.268. The van der Waals surface area contributed by atoms with E-state index in [1.54, 1.807) is 7.11 Å². The van der Waals surface area contributed by atoms with Crippen molar-refractivity contribution in [2.24, 2.45) is 23.5 Å². The summed E-state index contributed by atoms with van der Waals surface area (Å²) in [6.45, 7) is 4.09. The molecule has 4 nitrogen and oxygen atoms in total. The van der Waals surface area contributed by atoms with E-state index in [4.69, 9.17) is 16.9 Å². The Kier molecular flexibility index (Phi) is 5.58. The van der Waals surface area contributed by atoms with Crippen LogP contribution in [0.5, 0.6) is 5.75 Å². The van der Waals surface area contributed by atoms with Crippen LogP contribution in [0.25, 0.3) is 0 Å². The predicted molar refractivity (Wildman–Crippen MR) is 103 cm³/mol. The van der Waals surface area contributed by atoms with Crippen molar-refractivity contribution in [1.82, 2.24) is 4.90 Å². The van der Waals surface area contributed by atoms with Crippen molar-refractivity contribution in [1.29, 1.82) is 0 Å². The van der Waals surface area contributed by atoms with Crippen LogP contribution in [0.3, 0.4) is 0 Å². The van der Waals surface area contributed by atoms with Crippen molar-refractivity contribution in [3.63, 3.8) is 0 Å². The molecule has 1 saturated carbocycles. The lowest BCUT2D eigenvalue weighted by Gasteiger charge is -2.56. The molecule has 1 heterocycles. The lowest BCUT2D eigenvalue weighted by molar-refractivity contribution is -0.121. The van der Waals surface area contributed by atoms with Crippen molar-refractivity contribution in [3.05, 3.63) is 29.8 Å². The lowest BCUT2D eigenvalue weighted by atomic mass is 9.59. The SMILES string of the molecule is C#CC12CC(C)CC(CC(N)=O)C1CCCN2Cc1ccc(OC)cc1. The number of primary amides is 1. The maximum absolute atomic E-state index is 11.6. The van der Waals surface area contributed by atoms with E-state index in [1.807, 2.05) is 12.1 Å². The van der Waals surface area contributed by atoms with E-state index in [9.17, 15) is 4.79 Å². The minimum absolute atomic E-state index is 0.206. The van der Waals surface area contributed by atoms with Crippen LogP contribution < -0.4 is 10.5 Å². The first-order valence-electron chi connectivity index (χ1n) is 9.62. The number of hydrogen-bond donors (Lipinski definition) is 1. The van der Waals surface area contributed by atoms with Gasteiger partial charge in [-0.1, -0.05) is 25.0 Å². The fourth-order valence-corrected chi connectivity index (χ4v) is 5.29. The lowest BCUT2D eigenvalue weighted by Crippen LogP contribution is -2.61. The molecular weight excluding hydrogens is 324 g/mol. The Hall–Kier alpha value is -1.99. The molecule has 0 spiro atoms. The number of carbonyl (C=O) groups excluding carboxylic acids is 1. The molecule has 1 aliphatic carbocycles. The van der Waals surface area contributed by atoms with Gasteiger partial charge in [0.1, 0.15) is 5.75 Å². The summed E-state index contributed by atoms with van der Waals surface area (Å²) >= 11 is 0. The van der Waals surface area contributed by atoms with Gasteiger partial charge in [-0.05, 0) is 67.7 Å². The van der Waals surface area contributed by atoms with E-state index in [1.165, 1.54) is 5.56 Å². The van der Waals surface area contributed by atoms with Gasteiger partial charge in [0.05, 0.1) is 12.6 Å². The maximum atomic E-state index is 11.6. The van der Waals surface area contributed by atoms with Crippen LogP contribution >= 0.6 is 0 Å². The molecule has 0 aromatic heterocycles. The van der Waals surface area contributed by atoms with Crippen LogP contribution in [0.4, 0.5) is 0 Å². The van der Waals surface area contributed by atoms with Crippen molar-refractivity contribution in [3.8, 4) is 18.1 Å². The van der Waals surface area contributed by atoms with Gasteiger partial charge in [-0.25, -0.2) is 0 Å². The van der Waals surface area contributed by atoms with Crippen LogP contribution in [0.15, 0.2) is 24.3 Å². The molecule has 1 saturated heterocycles. The Bertz CT molecular complexity index is 678. The van der Waals surface area contributed by atoms with Crippen LogP contribution in [0.2, 0.25) is 0 Å². The molecule has 0 radical (unpaired) electrons. The zero-order valence-electron chi connectivity index (χ0n) is 15.9. The minimum Gasteiger partial charge on any atom is -0.497 e. The highest BCUT2D eigenvalue weighted by atomic mass is 16.5. The molecule has 2 fully saturated rings. The first kappa shape index (κ1) is 18.8. The molecule has 26 heavy (non-hydrogen) atoms. The Balaban J connectivity index is 1.87. The van der Waals surface area contributed by atoms with Gasteiger partial charge in [0.25, 0.3) is 0 Å². The zero-order valence-corrected chi connectivity index (χ0v) is 15.9. The highest BCUT2D eigenvalue weighted by Crippen LogP contribution is 2.50. The summed E-state index contributed by atoms with van der Waals surface area (Å²) < 4.78 is 5.26. The molecule has 1 aliphatic heterocycles. The third-order valence-corrected chi connectivity index (χ3v) is 6.30. The fraction of sp³-hybridized carbons (Fsp3) is 0.591. The number of benzene rings is 1. The molecular formula is C22H30N2O2. The molecule has 1 aromatic rings. The monoisotopic (exact) mass is 354 g/mol. The number of methoxy groups -OCH3 is 1. The summed E-state index contributed by atoms with van der Waals surface area (Å²) in [5.74, 6) is 5.00. The molecule has 0 bridgehead atoms. The summed E-state index contributed by atoms with van der Waals surface area (Å²) in [6.07, 6.45) is 10.9. The molecule has 4 unspecified atom stereocenters. The quantitative estimate of drug-likeness (QED) is 0.826. The zero-order chi connectivity index (χ0) is 18.7. The van der Waals surface area contributed by atoms with Crippen LogP contribution in [-0.2, 0) is 11.3 Å². The Morgan fingerprint density at radius 3 is 2.77 bits per heavy atom. The number of piperidine rings is 1. The predicted octanol–water partition coefficient (Wildman–Crippen LogP) is 3.20. The fourth-order valence-electron chi connectivity index (χ4n) is 5.29. The highest BCUT2D eigenvalue weighted by Gasteiger charge is 2.51. The number of nitrogens with zero attached hydrogens (tertiary/aromatic N) is 1. The second-order valence-corrected chi connectivity index (χ2v) is 8.06. The number of nitrogens with two attached hydrogens (primary N) is 1. The van der Waals surface area contributed by atoms with Crippen LogP contribution in [0, 0.1) is 30.1 Å². The maximum Gasteiger partial charge on any atom is 0.217 e. The topological polar surface area (TPSA) is 55.6 Å². The molecule has 2 aliphatic rings. The average Bonchev–Trinajstić information content (AvgIpc) is 2.62. The summed E-state index contributed by atoms with van der Waals surface area (Å²) in [5, 5.41) is 0. The van der Waals surface area contributed by atoms with Gasteiger partial charge in [-0.3, -0.25) is 9.69 Å². The van der Waals surface area contributed by atoms with Crippen molar-refractivity contribution >= 4 is 5.91 Å². The number of fused-ring (bicyclic) bond motifs is 1. The third kappa shape index (κ3) is 3.59. The van der Waals surface area contributed by atoms with Gasteiger partial charge >= 0.3 is 0 Å². The molecule has 3 rings (SSSR count). The number of amides is 1. The van der Waals surface area contributed by atoms with Crippen LogP contribution in [0.1, 0.15) is 44.6 Å². The van der Waals surface area contributed by atoms with Gasteiger partial charge < -0.3 is 10.5 Å². The number of hydrogen-bond acceptors (Lipinski definition) is 3. The largest absolute Gasteiger partial charge is 0.497 e. The smallest absolute Gasteiger partial charge is 0.217 e. The van der Waals surface area contributed by atoms with E-state index in [0.29, 0.717) is 24.2 Å². The van der Waals surface area contributed by atoms with Crippen molar-refractivity contribution in [2.45, 2.75) is 51.1 Å². The second-order valence-electron chi connectivity index (χ2n) is 8.06. The van der Waals surface area contributed by atoms with E-state index in [-0.39, 0.29) is 11.4 Å². The summed E-state index contributed by atoms with van der Waals surface area (Å²) in [4.78, 5) is 14.1. The Morgan fingerprint density at radius 1 is 1.42 bits per heavy atom. The normalized spacial score (nSPS) is 31.7. The molecule has 1 amide bonds. The Morgan fingerprint density at radius 2 is 2.15 bits per heavy atom. The number of carbonyl (C=O) groups is 1. The van der Waals surface area contributed by atoms with Crippen molar-refractivity contribution in [2.75, 3.05) is 13.7 Å². The van der Waals surface area contributed by atoms with Crippen LogP contribution in [-0.4, -0.2) is 30.0 Å². The van der Waals surface area contributed by atoms with Crippen molar-refractivity contribution < 1.29 is 9.53 Å². The summed E-state index contributed by atoms with van der Waals surface area (Å²) in [5.41, 5.74) is 6.52. The number of ether oxygens (including phenoxy) is 1. The molecule has 1 aromatic carbocycles. The second kappa shape index (κ2) is 7.72. The standard InChI is InChI=1S/C22H30N2O2/c1-4-22-14-16(2)12-18(13-21(23)25)20(22)6-5-11-24(22)15-17-7-9-19(26-3)10-8-17/h1,7-10,16,18,20H,5-6,11-15H2,2-3H3,(H2,23,25). The van der Waals surface area contributed by atoms with E-state index >= 15 is 0 Å². The first-order valence-corrected chi connectivity index (χ1v) is 9.62. The number of likely N-dealkylation sites (tertiary alicyclic amines) is 1. The molecule has 140 valence electrons. The molecule has 2 N–H and O–H groups in total. The van der Waals surface area contributed by atoms with E-state index in [0.717, 1.165) is 44.5 Å². The van der Waals surface area contributed by atoms with Gasteiger partial charge in [0.15, 0.2) is 0 Å².